The van der Waals surface area contributed by atoms with Crippen LogP contribution in [0.25, 0.3) is 0 Å². The van der Waals surface area contributed by atoms with Crippen LogP contribution in [0.1, 0.15) is 28.4 Å². The third-order valence-corrected chi connectivity index (χ3v) is 4.50. The largest absolute Gasteiger partial charge is 0.345 e. The number of fused-ring (bicyclic) bond motifs is 1. The van der Waals surface area contributed by atoms with Crippen LogP contribution in [0.3, 0.4) is 0 Å². The molecule has 4 rings (SSSR count). The van der Waals surface area contributed by atoms with E-state index in [1.54, 1.807) is 4.90 Å². The lowest BCUT2D eigenvalue weighted by molar-refractivity contribution is 0.0996. The number of anilines is 1. The number of epoxide rings is 1. The van der Waals surface area contributed by atoms with Crippen LogP contribution in [0.2, 0.25) is 0 Å². The number of hydrogen-bond donors (Lipinski definition) is 0. The molecule has 2 heterocycles. The highest BCUT2D eigenvalue weighted by Crippen LogP contribution is 2.45. The van der Waals surface area contributed by atoms with Gasteiger partial charge in [-0.25, -0.2) is 0 Å². The SMILES string of the molecule is CC1(c2ccc(N3Cc4ccccc4C3=O)cc2)OC1C#N. The number of rotatable bonds is 2. The maximum absolute atomic E-state index is 12.4. The topological polar surface area (TPSA) is 56.6 Å². The van der Waals surface area contributed by atoms with Crippen molar-refractivity contribution in [3.05, 3.63) is 65.2 Å². The summed E-state index contributed by atoms with van der Waals surface area (Å²) in [5, 5.41) is 8.94. The predicted molar refractivity (Wildman–Crippen MR) is 81.2 cm³/mol. The summed E-state index contributed by atoms with van der Waals surface area (Å²) in [5.41, 5.74) is 3.15. The van der Waals surface area contributed by atoms with Gasteiger partial charge >= 0.3 is 0 Å². The molecule has 0 radical (unpaired) electrons. The number of carbonyl (C=O) groups excluding carboxylic acids is 1. The Morgan fingerprint density at radius 1 is 1.23 bits per heavy atom. The van der Waals surface area contributed by atoms with Gasteiger partial charge in [0.1, 0.15) is 5.60 Å². The minimum atomic E-state index is -0.509. The maximum atomic E-state index is 12.4. The lowest BCUT2D eigenvalue weighted by Crippen LogP contribution is -2.23. The van der Waals surface area contributed by atoms with Gasteiger partial charge in [-0.15, -0.1) is 0 Å². The van der Waals surface area contributed by atoms with E-state index in [1.165, 1.54) is 0 Å². The third-order valence-electron chi connectivity index (χ3n) is 4.50. The van der Waals surface area contributed by atoms with Gasteiger partial charge in [0.2, 0.25) is 0 Å². The van der Waals surface area contributed by atoms with Crippen LogP contribution >= 0.6 is 0 Å². The molecule has 0 aliphatic carbocycles. The van der Waals surface area contributed by atoms with Crippen molar-refractivity contribution in [3.63, 3.8) is 0 Å². The summed E-state index contributed by atoms with van der Waals surface area (Å²) in [6.07, 6.45) is -0.379. The predicted octanol–water partition coefficient (Wildman–Crippen LogP) is 2.98. The molecule has 0 saturated carbocycles. The van der Waals surface area contributed by atoms with Crippen molar-refractivity contribution >= 4 is 11.6 Å². The van der Waals surface area contributed by atoms with Gasteiger partial charge in [0.15, 0.2) is 6.10 Å². The molecule has 0 bridgehead atoms. The summed E-state index contributed by atoms with van der Waals surface area (Å²) in [6.45, 7) is 2.51. The number of hydrogen-bond acceptors (Lipinski definition) is 3. The Morgan fingerprint density at radius 2 is 1.95 bits per heavy atom. The first-order chi connectivity index (χ1) is 10.6. The van der Waals surface area contributed by atoms with Crippen molar-refractivity contribution in [2.24, 2.45) is 0 Å². The van der Waals surface area contributed by atoms with Crippen LogP contribution in [-0.4, -0.2) is 12.0 Å². The fourth-order valence-corrected chi connectivity index (χ4v) is 3.01. The Labute approximate surface area is 128 Å². The van der Waals surface area contributed by atoms with Crippen molar-refractivity contribution in [2.45, 2.75) is 25.2 Å². The van der Waals surface area contributed by atoms with Crippen molar-refractivity contribution in [2.75, 3.05) is 4.90 Å². The first kappa shape index (κ1) is 13.1. The summed E-state index contributed by atoms with van der Waals surface area (Å²) in [4.78, 5) is 14.2. The minimum Gasteiger partial charge on any atom is -0.345 e. The summed E-state index contributed by atoms with van der Waals surface area (Å²) in [5.74, 6) is 0.0344. The lowest BCUT2D eigenvalue weighted by Gasteiger charge is -2.16. The molecule has 1 saturated heterocycles. The van der Waals surface area contributed by atoms with Crippen LogP contribution in [0.5, 0.6) is 0 Å². The van der Waals surface area contributed by atoms with Gasteiger partial charge in [0.05, 0.1) is 12.6 Å². The fraction of sp³-hybridized carbons (Fsp3) is 0.222. The van der Waals surface area contributed by atoms with E-state index >= 15 is 0 Å². The number of carbonyl (C=O) groups is 1. The molecule has 1 fully saturated rings. The quantitative estimate of drug-likeness (QED) is 0.799. The zero-order valence-corrected chi connectivity index (χ0v) is 12.1. The second kappa shape index (κ2) is 4.43. The standard InChI is InChI=1S/C18H14N2O2/c1-18(16(10-19)22-18)13-6-8-14(9-7-13)20-11-12-4-2-3-5-15(12)17(20)21/h2-9,16H,11H2,1H3. The van der Waals surface area contributed by atoms with Gasteiger partial charge in [-0.05, 0) is 36.2 Å². The van der Waals surface area contributed by atoms with Gasteiger partial charge in [-0.2, -0.15) is 5.26 Å². The molecule has 22 heavy (non-hydrogen) atoms. The summed E-state index contributed by atoms with van der Waals surface area (Å²) < 4.78 is 5.44. The van der Waals surface area contributed by atoms with Gasteiger partial charge in [0, 0.05) is 11.3 Å². The van der Waals surface area contributed by atoms with Crippen LogP contribution in [0.15, 0.2) is 48.5 Å². The van der Waals surface area contributed by atoms with E-state index < -0.39 is 5.60 Å². The van der Waals surface area contributed by atoms with E-state index in [9.17, 15) is 4.79 Å². The highest BCUT2D eigenvalue weighted by atomic mass is 16.6. The number of amides is 1. The Hall–Kier alpha value is -2.64. The first-order valence-electron chi connectivity index (χ1n) is 7.21. The average Bonchev–Trinajstić information content (AvgIpc) is 3.13. The molecule has 0 spiro atoms. The molecule has 4 nitrogen and oxygen atoms in total. The van der Waals surface area contributed by atoms with Crippen LogP contribution in [-0.2, 0) is 16.9 Å². The van der Waals surface area contributed by atoms with Crippen LogP contribution in [0.4, 0.5) is 5.69 Å². The molecular weight excluding hydrogens is 276 g/mol. The third kappa shape index (κ3) is 1.76. The molecule has 2 aromatic carbocycles. The van der Waals surface area contributed by atoms with Gasteiger partial charge in [-0.3, -0.25) is 4.79 Å². The van der Waals surface area contributed by atoms with Gasteiger partial charge < -0.3 is 9.64 Å². The van der Waals surface area contributed by atoms with E-state index in [2.05, 4.69) is 6.07 Å². The number of nitrogens with zero attached hydrogens (tertiary/aromatic N) is 2. The molecule has 108 valence electrons. The highest BCUT2D eigenvalue weighted by molar-refractivity contribution is 6.09. The van der Waals surface area contributed by atoms with E-state index in [0.29, 0.717) is 6.54 Å². The molecule has 0 aromatic heterocycles. The summed E-state index contributed by atoms with van der Waals surface area (Å²) >= 11 is 0. The summed E-state index contributed by atoms with van der Waals surface area (Å²) in [6, 6.07) is 17.5. The molecule has 4 heteroatoms. The first-order valence-corrected chi connectivity index (χ1v) is 7.21. The molecule has 2 atom stereocenters. The van der Waals surface area contributed by atoms with Crippen LogP contribution < -0.4 is 4.90 Å². The molecule has 2 unspecified atom stereocenters. The lowest BCUT2D eigenvalue weighted by atomic mass is 9.97. The second-order valence-corrected chi connectivity index (χ2v) is 5.83. The zero-order valence-electron chi connectivity index (χ0n) is 12.1. The molecule has 1 amide bonds. The molecule has 2 aromatic rings. The van der Waals surface area contributed by atoms with Gasteiger partial charge in [-0.1, -0.05) is 30.3 Å². The fourth-order valence-electron chi connectivity index (χ4n) is 3.01. The second-order valence-electron chi connectivity index (χ2n) is 5.83. The zero-order chi connectivity index (χ0) is 15.3. The minimum absolute atomic E-state index is 0.0344. The van der Waals surface area contributed by atoms with Gasteiger partial charge in [0.25, 0.3) is 5.91 Å². The molecular formula is C18H14N2O2. The monoisotopic (exact) mass is 290 g/mol. The van der Waals surface area contributed by atoms with Crippen molar-refractivity contribution in [1.82, 2.24) is 0 Å². The van der Waals surface area contributed by atoms with E-state index in [0.717, 1.165) is 22.4 Å². The van der Waals surface area contributed by atoms with E-state index in [1.807, 2.05) is 55.5 Å². The number of benzene rings is 2. The Bertz CT molecular complexity index is 807. The van der Waals surface area contributed by atoms with E-state index in [4.69, 9.17) is 10.00 Å². The Morgan fingerprint density at radius 3 is 2.59 bits per heavy atom. The van der Waals surface area contributed by atoms with Crippen molar-refractivity contribution < 1.29 is 9.53 Å². The molecule has 2 aliphatic heterocycles. The average molecular weight is 290 g/mol. The smallest absolute Gasteiger partial charge is 0.258 e. The molecule has 2 aliphatic rings. The number of nitriles is 1. The van der Waals surface area contributed by atoms with Crippen molar-refractivity contribution in [1.29, 1.82) is 5.26 Å². The molecule has 0 N–H and O–H groups in total. The van der Waals surface area contributed by atoms with E-state index in [-0.39, 0.29) is 12.0 Å². The number of ether oxygens (including phenoxy) is 1. The maximum Gasteiger partial charge on any atom is 0.258 e. The Kier molecular flexibility index (Phi) is 2.63. The van der Waals surface area contributed by atoms with Crippen LogP contribution in [0, 0.1) is 11.3 Å². The Balaban J connectivity index is 1.61. The van der Waals surface area contributed by atoms with Crippen molar-refractivity contribution in [3.8, 4) is 6.07 Å². The summed E-state index contributed by atoms with van der Waals surface area (Å²) in [7, 11) is 0. The highest BCUT2D eigenvalue weighted by Gasteiger charge is 2.54. The normalized spacial score (nSPS) is 25.7.